The Hall–Kier alpha value is -10.2. The average Bonchev–Trinajstić information content (AvgIpc) is 1.67. The highest BCUT2D eigenvalue weighted by Gasteiger charge is 2.38. The number of hydrogen-bond acceptors (Lipinski definition) is 20. The van der Waals surface area contributed by atoms with Gasteiger partial charge in [-0.2, -0.15) is 11.8 Å². The number of carboxylic acids is 1. The number of guanidine groups is 2. The second-order valence-corrected chi connectivity index (χ2v) is 27.9. The molecule has 0 fully saturated rings. The summed E-state index contributed by atoms with van der Waals surface area (Å²) < 4.78 is 0. The molecule has 38 heteroatoms. The topological polar surface area (TPSA) is 643 Å². The van der Waals surface area contributed by atoms with E-state index < -0.39 is 181 Å². The largest absolute Gasteiger partial charge is 0.480 e. The van der Waals surface area contributed by atoms with E-state index in [1.54, 1.807) is 70.5 Å². The van der Waals surface area contributed by atoms with Crippen LogP contribution < -0.4 is 104 Å². The van der Waals surface area contributed by atoms with Crippen LogP contribution in [0, 0.1) is 11.8 Å². The molecular formula is C71H116N22O15S. The maximum absolute atomic E-state index is 14.9. The number of H-pyrrole nitrogens is 1. The Labute approximate surface area is 639 Å². The lowest BCUT2D eigenvalue weighted by atomic mass is 9.96. The van der Waals surface area contributed by atoms with Crippen LogP contribution in [-0.4, -0.2) is 221 Å². The van der Waals surface area contributed by atoms with Gasteiger partial charge in [0, 0.05) is 43.0 Å². The van der Waals surface area contributed by atoms with E-state index in [2.05, 4.69) is 73.5 Å². The summed E-state index contributed by atoms with van der Waals surface area (Å²) in [6.07, 6.45) is 4.67. The molecule has 1 heterocycles. The van der Waals surface area contributed by atoms with Gasteiger partial charge in [0.1, 0.15) is 66.5 Å². The van der Waals surface area contributed by atoms with E-state index in [0.717, 1.165) is 16.5 Å². The lowest BCUT2D eigenvalue weighted by molar-refractivity contribution is -0.142. The highest BCUT2D eigenvalue weighted by atomic mass is 32.2. The summed E-state index contributed by atoms with van der Waals surface area (Å²) in [6, 6.07) is -1.10. The van der Waals surface area contributed by atoms with Crippen LogP contribution in [0.5, 0.6) is 0 Å². The third-order valence-corrected chi connectivity index (χ3v) is 18.5. The number of aliphatic imine (C=N–C) groups is 2. The van der Waals surface area contributed by atoms with Crippen LogP contribution >= 0.6 is 11.8 Å². The number of nitrogens with two attached hydrogens (primary N) is 8. The summed E-state index contributed by atoms with van der Waals surface area (Å²) in [5.74, 6) is -13.5. The SMILES string of the molecule is CC[C@H](C)[C@H](NC(=O)[C@H](CCCCN)NC(=O)[C@H](CCCCN)NC(=O)[C@@H](N)Cc1c[nH]c2ccccc12)C(=O)N[C@@H](CCCN=C(N)N)C(=O)N[C@@H](CCCN=C(N)N)C(=O)N[C@@H](Cc1ccccc1)C(=O)N[C@H](C(=O)N[C@@H](CO)C(=O)N[C@@H](CCC(N)=O)C(=O)N[C@@H](C)C(=O)N[C@@H](CCSC)C(=O)O)C(C)C. The summed E-state index contributed by atoms with van der Waals surface area (Å²) in [6.45, 7) is 7.20. The van der Waals surface area contributed by atoms with Crippen molar-refractivity contribution in [2.75, 3.05) is 44.8 Å². The molecule has 13 atom stereocenters. The van der Waals surface area contributed by atoms with E-state index in [1.807, 2.05) is 24.3 Å². The number of benzene rings is 2. The van der Waals surface area contributed by atoms with Crippen LogP contribution in [0.4, 0.5) is 0 Å². The summed E-state index contributed by atoms with van der Waals surface area (Å²) in [5.41, 5.74) is 48.2. The van der Waals surface area contributed by atoms with Crippen LogP contribution in [-0.2, 0) is 75.2 Å². The van der Waals surface area contributed by atoms with Gasteiger partial charge in [0.05, 0.1) is 12.6 Å². The first kappa shape index (κ1) is 93.0. The Morgan fingerprint density at radius 1 is 0.477 bits per heavy atom. The van der Waals surface area contributed by atoms with Crippen molar-refractivity contribution in [2.24, 2.45) is 67.7 Å². The molecule has 1 aromatic heterocycles. The number of aromatic amines is 1. The number of carbonyl (C=O) groups is 13. The molecule has 2 aromatic carbocycles. The molecule has 12 amide bonds. The Morgan fingerprint density at radius 3 is 1.40 bits per heavy atom. The van der Waals surface area contributed by atoms with Crippen LogP contribution in [0.25, 0.3) is 10.9 Å². The number of nitrogens with one attached hydrogen (secondary N) is 12. The van der Waals surface area contributed by atoms with Gasteiger partial charge in [0.15, 0.2) is 11.9 Å². The van der Waals surface area contributed by atoms with Crippen molar-refractivity contribution in [3.63, 3.8) is 0 Å². The number of unbranched alkanes of at least 4 members (excludes halogenated alkanes) is 2. The second-order valence-electron chi connectivity index (χ2n) is 27.0. The molecule has 0 saturated heterocycles. The quantitative estimate of drug-likeness (QED) is 0.0145. The molecule has 0 unspecified atom stereocenters. The van der Waals surface area contributed by atoms with E-state index in [4.69, 9.17) is 45.9 Å². The first-order valence-electron chi connectivity index (χ1n) is 36.6. The van der Waals surface area contributed by atoms with Crippen molar-refractivity contribution in [1.29, 1.82) is 0 Å². The molecule has 0 radical (unpaired) electrons. The van der Waals surface area contributed by atoms with Gasteiger partial charge < -0.3 is 120 Å². The van der Waals surface area contributed by atoms with Crippen molar-refractivity contribution in [2.45, 2.75) is 210 Å². The molecular weight excluding hydrogens is 1430 g/mol. The van der Waals surface area contributed by atoms with Gasteiger partial charge in [-0.05, 0) is 145 Å². The molecule has 606 valence electrons. The third kappa shape index (κ3) is 33.9. The smallest absolute Gasteiger partial charge is 0.326 e. The van der Waals surface area contributed by atoms with Gasteiger partial charge in [-0.1, -0.05) is 82.6 Å². The van der Waals surface area contributed by atoms with Gasteiger partial charge >= 0.3 is 5.97 Å². The number of hydrogen-bond donors (Lipinski definition) is 22. The van der Waals surface area contributed by atoms with Crippen molar-refractivity contribution < 1.29 is 72.5 Å². The maximum atomic E-state index is 14.9. The summed E-state index contributed by atoms with van der Waals surface area (Å²) in [4.78, 5) is 192. The lowest BCUT2D eigenvalue weighted by Gasteiger charge is -2.30. The number of aliphatic hydroxyl groups excluding tert-OH is 1. The standard InChI is InChI=1S/C71H116N22O15S/c1-7-40(4)57(93-64(102)48(24-14-16-31-73)85-61(99)47(23-13-15-30-72)84-59(97)45(74)36-43-37-82-46-22-12-11-21-44(43)46)68(106)88-50(26-18-33-81-71(78)79)62(100)86-49(25-17-32-80-70(76)77)63(101)90-53(35-42-19-9-8-10-20-42)65(103)92-56(39(2)3)67(105)91-54(38-94)66(104)87-51(27-28-55(75)95)60(98)83-41(5)58(96)89-52(69(107)108)29-34-109-6/h8-12,19-22,37,39-41,45,47-54,56-57,82,94H,7,13-18,23-36,38,72-74H2,1-6H3,(H2,75,95)(H,83,98)(H,84,97)(H,85,99)(H,86,100)(H,87,104)(H,88,106)(H,89,96)(H,90,101)(H,91,105)(H,92,103)(H,93,102)(H,107,108)(H4,76,77,80)(H4,78,79,81)/t40-,41-,45-,47-,48-,49-,50-,51-,52-,53-,54-,56-,57-/m0/s1. The van der Waals surface area contributed by atoms with E-state index in [-0.39, 0.29) is 89.3 Å². The van der Waals surface area contributed by atoms with E-state index in [9.17, 15) is 72.5 Å². The second kappa shape index (κ2) is 49.7. The molecule has 3 aromatic rings. The van der Waals surface area contributed by atoms with Crippen LogP contribution in [0.1, 0.15) is 136 Å². The number of carbonyl (C=O) groups excluding carboxylic acids is 12. The third-order valence-electron chi connectivity index (χ3n) is 17.8. The van der Waals surface area contributed by atoms with Gasteiger partial charge in [-0.3, -0.25) is 67.5 Å². The number of primary amides is 1. The highest BCUT2D eigenvalue weighted by molar-refractivity contribution is 7.98. The van der Waals surface area contributed by atoms with Gasteiger partial charge in [-0.25, -0.2) is 4.79 Å². The fourth-order valence-electron chi connectivity index (χ4n) is 11.3. The molecule has 0 aliphatic rings. The zero-order chi connectivity index (χ0) is 81.3. The molecule has 0 spiro atoms. The van der Waals surface area contributed by atoms with Crippen molar-refractivity contribution >= 4 is 111 Å². The average molecular weight is 1550 g/mol. The van der Waals surface area contributed by atoms with Crippen LogP contribution in [0.3, 0.4) is 0 Å². The molecule has 30 N–H and O–H groups in total. The summed E-state index contributed by atoms with van der Waals surface area (Å²) in [5, 5.41) is 49.6. The van der Waals surface area contributed by atoms with Crippen molar-refractivity contribution in [3.05, 3.63) is 71.9 Å². The number of carboxylic acid groups (broad SMARTS) is 1. The van der Waals surface area contributed by atoms with E-state index in [1.165, 1.54) is 18.7 Å². The van der Waals surface area contributed by atoms with Crippen molar-refractivity contribution in [3.8, 4) is 0 Å². The zero-order valence-electron chi connectivity index (χ0n) is 63.0. The Kier molecular flexibility index (Phi) is 42.4. The fraction of sp³-hybridized carbons (Fsp3) is 0.592. The lowest BCUT2D eigenvalue weighted by Crippen LogP contribution is -2.62. The van der Waals surface area contributed by atoms with Gasteiger partial charge in [-0.15, -0.1) is 0 Å². The number of aromatic nitrogens is 1. The zero-order valence-corrected chi connectivity index (χ0v) is 63.9. The maximum Gasteiger partial charge on any atom is 0.326 e. The Balaban J connectivity index is 1.98. The summed E-state index contributed by atoms with van der Waals surface area (Å²) >= 11 is 1.35. The minimum Gasteiger partial charge on any atom is -0.480 e. The number of nitrogens with zero attached hydrogens (tertiary/aromatic N) is 2. The number of para-hydroxylation sites is 1. The Bertz CT molecular complexity index is 3520. The first-order chi connectivity index (χ1) is 51.8. The van der Waals surface area contributed by atoms with Crippen LogP contribution in [0.2, 0.25) is 0 Å². The van der Waals surface area contributed by atoms with E-state index >= 15 is 0 Å². The predicted molar refractivity (Wildman–Crippen MR) is 413 cm³/mol. The summed E-state index contributed by atoms with van der Waals surface area (Å²) in [7, 11) is 0. The molecule has 0 bridgehead atoms. The molecule has 109 heavy (non-hydrogen) atoms. The number of fused-ring (bicyclic) bond motifs is 1. The minimum absolute atomic E-state index is 0.0260. The number of amides is 12. The number of thioether (sulfide) groups is 1. The normalized spacial score (nSPS) is 14.7. The number of rotatable bonds is 53. The van der Waals surface area contributed by atoms with E-state index in [0.29, 0.717) is 50.0 Å². The number of aliphatic carboxylic acids is 1. The van der Waals surface area contributed by atoms with Crippen molar-refractivity contribution in [1.82, 2.24) is 63.5 Å². The minimum atomic E-state index is -1.82. The molecule has 0 aliphatic heterocycles. The highest BCUT2D eigenvalue weighted by Crippen LogP contribution is 2.20. The molecule has 0 saturated carbocycles. The van der Waals surface area contributed by atoms with Gasteiger partial charge in [0.25, 0.3) is 0 Å². The molecule has 0 aliphatic carbocycles. The Morgan fingerprint density at radius 2 is 0.908 bits per heavy atom. The predicted octanol–water partition coefficient (Wildman–Crippen LogP) is -4.20. The first-order valence-corrected chi connectivity index (χ1v) is 38.0. The molecule has 3 rings (SSSR count). The van der Waals surface area contributed by atoms with Gasteiger partial charge in [0.2, 0.25) is 70.9 Å². The molecule has 37 nitrogen and oxygen atoms in total. The fourth-order valence-corrected chi connectivity index (χ4v) is 11.8. The van der Waals surface area contributed by atoms with Crippen LogP contribution in [0.15, 0.2) is 70.8 Å². The monoisotopic (exact) mass is 1550 g/mol. The number of aliphatic hydroxyl groups is 1.